The molecule has 1 aliphatic heterocycles. The summed E-state index contributed by atoms with van der Waals surface area (Å²) in [5.41, 5.74) is 7.09. The predicted octanol–water partition coefficient (Wildman–Crippen LogP) is 4.59. The van der Waals surface area contributed by atoms with E-state index in [0.29, 0.717) is 29.9 Å². The van der Waals surface area contributed by atoms with Crippen molar-refractivity contribution in [1.82, 2.24) is 20.5 Å². The highest BCUT2D eigenvalue weighted by atomic mass is 16.6. The second-order valence-electron chi connectivity index (χ2n) is 8.53. The minimum atomic E-state index is -0.950. The third-order valence-electron chi connectivity index (χ3n) is 6.06. The van der Waals surface area contributed by atoms with Gasteiger partial charge in [0.2, 0.25) is 0 Å². The summed E-state index contributed by atoms with van der Waals surface area (Å²) in [4.78, 5) is 24.6. The number of amides is 1. The Bertz CT molecular complexity index is 1340. The Labute approximate surface area is 208 Å². The van der Waals surface area contributed by atoms with Crippen molar-refractivity contribution in [2.75, 3.05) is 7.11 Å². The first-order chi connectivity index (χ1) is 17.6. The fourth-order valence-electron chi connectivity index (χ4n) is 4.26. The number of benzene rings is 3. The Morgan fingerprint density at radius 2 is 1.72 bits per heavy atom. The molecule has 1 amide bonds. The van der Waals surface area contributed by atoms with Crippen LogP contribution >= 0.6 is 0 Å². The Hall–Kier alpha value is -4.27. The quantitative estimate of drug-likeness (QED) is 0.354. The van der Waals surface area contributed by atoms with E-state index in [-0.39, 0.29) is 11.8 Å². The summed E-state index contributed by atoms with van der Waals surface area (Å²) in [6.07, 6.45) is 1.50. The molecule has 3 aromatic carbocycles. The van der Waals surface area contributed by atoms with Gasteiger partial charge in [0.25, 0.3) is 11.8 Å². The average molecular weight is 483 g/mol. The molecule has 8 nitrogen and oxygen atoms in total. The number of hydroxylamine groups is 1. The van der Waals surface area contributed by atoms with E-state index in [2.05, 4.69) is 15.6 Å². The van der Waals surface area contributed by atoms with Crippen LogP contribution in [0.5, 0.6) is 0 Å². The molecule has 0 saturated carbocycles. The molecule has 2 atom stereocenters. The number of carbonyl (C=O) groups excluding carboxylic acids is 1. The third-order valence-corrected chi connectivity index (χ3v) is 6.06. The van der Waals surface area contributed by atoms with Gasteiger partial charge in [-0.15, -0.1) is 0 Å². The van der Waals surface area contributed by atoms with E-state index in [1.165, 1.54) is 7.11 Å². The maximum atomic E-state index is 13.5. The molecule has 2 N–H and O–H groups in total. The van der Waals surface area contributed by atoms with Crippen molar-refractivity contribution in [2.45, 2.75) is 25.0 Å². The highest BCUT2D eigenvalue weighted by Crippen LogP contribution is 2.34. The lowest BCUT2D eigenvalue weighted by Crippen LogP contribution is -2.28. The molecule has 8 heteroatoms. The van der Waals surface area contributed by atoms with Gasteiger partial charge in [-0.2, -0.15) is 4.98 Å². The van der Waals surface area contributed by atoms with Gasteiger partial charge in [-0.25, -0.2) is 0 Å². The molecule has 0 spiro atoms. The highest BCUT2D eigenvalue weighted by molar-refractivity contribution is 5.96. The van der Waals surface area contributed by atoms with Crippen LogP contribution in [0.25, 0.3) is 11.1 Å². The molecule has 182 valence electrons. The summed E-state index contributed by atoms with van der Waals surface area (Å²) in [5.74, 6) is 0.223. The molecule has 0 radical (unpaired) electrons. The monoisotopic (exact) mass is 482 g/mol. The largest absolute Gasteiger partial charge is 0.383 e. The molecular formula is C28H26N4O4. The molecule has 0 bridgehead atoms. The van der Waals surface area contributed by atoms with Crippen molar-refractivity contribution in [3.63, 3.8) is 0 Å². The molecule has 0 fully saturated rings. The summed E-state index contributed by atoms with van der Waals surface area (Å²) in [5, 5.41) is 14.7. The van der Waals surface area contributed by atoms with Crippen LogP contribution in [0.1, 0.15) is 46.2 Å². The fourth-order valence-corrected chi connectivity index (χ4v) is 4.26. The molecular weight excluding hydrogens is 456 g/mol. The maximum Gasteiger partial charge on any atom is 0.258 e. The zero-order chi connectivity index (χ0) is 24.9. The van der Waals surface area contributed by atoms with Crippen LogP contribution in [-0.2, 0) is 11.3 Å². The molecule has 0 aliphatic carbocycles. The zero-order valence-electron chi connectivity index (χ0n) is 19.7. The van der Waals surface area contributed by atoms with Gasteiger partial charge in [0.15, 0.2) is 5.82 Å². The second kappa shape index (κ2) is 10.6. The van der Waals surface area contributed by atoms with Crippen LogP contribution < -0.4 is 5.48 Å². The van der Waals surface area contributed by atoms with Crippen LogP contribution in [0.2, 0.25) is 0 Å². The Morgan fingerprint density at radius 1 is 1.06 bits per heavy atom. The first-order valence-corrected chi connectivity index (χ1v) is 11.7. The van der Waals surface area contributed by atoms with Crippen LogP contribution in [0.3, 0.4) is 0 Å². The first kappa shape index (κ1) is 23.5. The number of nitrogens with zero attached hydrogens (tertiary/aromatic N) is 3. The number of carbonyl (C=O) groups is 1. The lowest BCUT2D eigenvalue weighted by atomic mass is 10.0. The van der Waals surface area contributed by atoms with Crippen molar-refractivity contribution in [3.8, 4) is 11.1 Å². The van der Waals surface area contributed by atoms with Crippen LogP contribution in [0.15, 0.2) is 101 Å². The Morgan fingerprint density at radius 3 is 2.42 bits per heavy atom. The first-order valence-electron chi connectivity index (χ1n) is 11.7. The van der Waals surface area contributed by atoms with E-state index in [0.717, 1.165) is 16.7 Å². The number of nitrogens with one attached hydrogen (secondary N) is 1. The van der Waals surface area contributed by atoms with Gasteiger partial charge in [-0.3, -0.25) is 15.1 Å². The standard InChI is InChI=1S/C28H26N4O4/c1-35-30-23-17-24(26-29-27(36-31-26)25(33)16-19-8-4-2-5-9-19)32(18-23)28(34)22-14-12-21(13-15-22)20-10-6-3-7-11-20/h2-15,18,24-25,30,33H,16-17H2,1H3. The topological polar surface area (TPSA) is 101 Å². The minimum absolute atomic E-state index is 0.113. The van der Waals surface area contributed by atoms with E-state index in [4.69, 9.17) is 9.36 Å². The third kappa shape index (κ3) is 5.05. The van der Waals surface area contributed by atoms with Gasteiger partial charge in [0.05, 0.1) is 12.8 Å². The van der Waals surface area contributed by atoms with E-state index in [1.807, 2.05) is 84.9 Å². The van der Waals surface area contributed by atoms with Gasteiger partial charge in [-0.1, -0.05) is 78.0 Å². The van der Waals surface area contributed by atoms with Crippen LogP contribution in [0.4, 0.5) is 0 Å². The SMILES string of the molecule is CONC1=CN(C(=O)c2ccc(-c3ccccc3)cc2)C(c2noc(C(O)Cc3ccccc3)n2)C1. The van der Waals surface area contributed by atoms with E-state index < -0.39 is 12.1 Å². The summed E-state index contributed by atoms with van der Waals surface area (Å²) in [6, 6.07) is 26.5. The van der Waals surface area contributed by atoms with Crippen molar-refractivity contribution in [3.05, 3.63) is 120 Å². The molecule has 2 unspecified atom stereocenters. The Balaban J connectivity index is 1.36. The highest BCUT2D eigenvalue weighted by Gasteiger charge is 2.35. The van der Waals surface area contributed by atoms with Crippen molar-refractivity contribution in [1.29, 1.82) is 0 Å². The molecule has 5 rings (SSSR count). The average Bonchev–Trinajstić information content (AvgIpc) is 3.57. The molecule has 1 aliphatic rings. The Kier molecular flexibility index (Phi) is 6.88. The number of aromatic nitrogens is 2. The smallest absolute Gasteiger partial charge is 0.258 e. The lowest BCUT2D eigenvalue weighted by Gasteiger charge is -2.21. The predicted molar refractivity (Wildman–Crippen MR) is 133 cm³/mol. The molecule has 36 heavy (non-hydrogen) atoms. The summed E-state index contributed by atoms with van der Waals surface area (Å²) in [6.45, 7) is 0. The maximum absolute atomic E-state index is 13.5. The number of aliphatic hydroxyl groups is 1. The van der Waals surface area contributed by atoms with Gasteiger partial charge in [-0.05, 0) is 28.8 Å². The van der Waals surface area contributed by atoms with Gasteiger partial charge in [0.1, 0.15) is 12.1 Å². The number of hydrogen-bond donors (Lipinski definition) is 2. The fraction of sp³-hybridized carbons (Fsp3) is 0.179. The van der Waals surface area contributed by atoms with Gasteiger partial charge < -0.3 is 14.5 Å². The van der Waals surface area contributed by atoms with E-state index >= 15 is 0 Å². The van der Waals surface area contributed by atoms with Gasteiger partial charge in [0, 0.05) is 24.6 Å². The van der Waals surface area contributed by atoms with Crippen LogP contribution in [0, 0.1) is 0 Å². The molecule has 0 saturated heterocycles. The summed E-state index contributed by atoms with van der Waals surface area (Å²) in [7, 11) is 1.51. The number of rotatable bonds is 8. The lowest BCUT2D eigenvalue weighted by molar-refractivity contribution is 0.0777. The summed E-state index contributed by atoms with van der Waals surface area (Å²) >= 11 is 0. The number of aliphatic hydroxyl groups excluding tert-OH is 1. The van der Waals surface area contributed by atoms with E-state index in [9.17, 15) is 9.90 Å². The molecule has 2 heterocycles. The minimum Gasteiger partial charge on any atom is -0.383 e. The normalized spacial score (nSPS) is 16.0. The second-order valence-corrected chi connectivity index (χ2v) is 8.53. The van der Waals surface area contributed by atoms with Crippen molar-refractivity contribution < 1.29 is 19.3 Å². The number of hydrogen-bond acceptors (Lipinski definition) is 7. The molecule has 4 aromatic rings. The van der Waals surface area contributed by atoms with Crippen molar-refractivity contribution in [2.24, 2.45) is 0 Å². The summed E-state index contributed by atoms with van der Waals surface area (Å²) < 4.78 is 5.38. The van der Waals surface area contributed by atoms with Crippen molar-refractivity contribution >= 4 is 5.91 Å². The van der Waals surface area contributed by atoms with E-state index in [1.54, 1.807) is 11.1 Å². The molecule has 1 aromatic heterocycles. The zero-order valence-corrected chi connectivity index (χ0v) is 19.7. The van der Waals surface area contributed by atoms with Gasteiger partial charge >= 0.3 is 0 Å². The van der Waals surface area contributed by atoms with Crippen LogP contribution in [-0.4, -0.2) is 33.2 Å².